The number of nitrogens with one attached hydrogen (secondary N) is 1. The van der Waals surface area contributed by atoms with Gasteiger partial charge in [0, 0.05) is 37.3 Å². The first-order chi connectivity index (χ1) is 13.1. The molecule has 1 aliphatic rings. The van der Waals surface area contributed by atoms with Crippen molar-refractivity contribution in [2.75, 3.05) is 26.2 Å². The Morgan fingerprint density at radius 2 is 1.52 bits per heavy atom. The summed E-state index contributed by atoms with van der Waals surface area (Å²) < 4.78 is 13.1. The zero-order valence-corrected chi connectivity index (χ0v) is 14.7. The Hall–Kier alpha value is -3.22. The normalized spacial score (nSPS) is 15.0. The highest BCUT2D eigenvalue weighted by molar-refractivity contribution is 5.97. The van der Waals surface area contributed by atoms with Crippen molar-refractivity contribution in [2.45, 2.75) is 6.42 Å². The van der Waals surface area contributed by atoms with Gasteiger partial charge in [-0.1, -0.05) is 0 Å². The summed E-state index contributed by atoms with van der Waals surface area (Å²) in [7, 11) is 0. The van der Waals surface area contributed by atoms with E-state index in [0.29, 0.717) is 43.7 Å². The van der Waals surface area contributed by atoms with Gasteiger partial charge in [0.05, 0.1) is 17.4 Å². The molecule has 0 aliphatic carbocycles. The number of hydrogen-bond acceptors (Lipinski definition) is 3. The average Bonchev–Trinajstić information content (AvgIpc) is 3.02. The highest BCUT2D eigenvalue weighted by atomic mass is 19.1. The summed E-state index contributed by atoms with van der Waals surface area (Å²) in [4.78, 5) is 36.1. The molecule has 2 heterocycles. The highest BCUT2D eigenvalue weighted by Crippen LogP contribution is 2.16. The Labute approximate surface area is 155 Å². The summed E-state index contributed by atoms with van der Waals surface area (Å²) in [6, 6.07) is 10.9. The number of H-pyrrole nitrogens is 1. The molecule has 27 heavy (non-hydrogen) atoms. The van der Waals surface area contributed by atoms with Crippen LogP contribution in [0.1, 0.15) is 27.1 Å². The number of hydrogen-bond donors (Lipinski definition) is 1. The zero-order chi connectivity index (χ0) is 18.8. The molecule has 138 valence electrons. The number of amides is 2. The molecule has 0 spiro atoms. The number of fused-ring (bicyclic) bond motifs is 1. The third kappa shape index (κ3) is 3.53. The van der Waals surface area contributed by atoms with Gasteiger partial charge in [0.25, 0.3) is 11.8 Å². The number of carbonyl (C=O) groups is 2. The van der Waals surface area contributed by atoms with Gasteiger partial charge in [-0.2, -0.15) is 0 Å². The minimum Gasteiger partial charge on any atom is -0.345 e. The lowest BCUT2D eigenvalue weighted by Gasteiger charge is -2.22. The van der Waals surface area contributed by atoms with Crippen LogP contribution in [0.5, 0.6) is 0 Å². The summed E-state index contributed by atoms with van der Waals surface area (Å²) in [5.74, 6) is -0.556. The van der Waals surface area contributed by atoms with E-state index in [1.54, 1.807) is 28.3 Å². The van der Waals surface area contributed by atoms with Crippen molar-refractivity contribution < 1.29 is 14.0 Å². The number of halogens is 1. The lowest BCUT2D eigenvalue weighted by molar-refractivity contribution is 0.0719. The summed E-state index contributed by atoms with van der Waals surface area (Å²) in [5.41, 5.74) is 2.70. The fourth-order valence-corrected chi connectivity index (χ4v) is 3.35. The Kier molecular flexibility index (Phi) is 4.58. The van der Waals surface area contributed by atoms with Gasteiger partial charge < -0.3 is 14.8 Å². The van der Waals surface area contributed by atoms with E-state index in [4.69, 9.17) is 0 Å². The predicted octanol–water partition coefficient (Wildman–Crippen LogP) is 2.69. The van der Waals surface area contributed by atoms with Gasteiger partial charge in [-0.15, -0.1) is 0 Å². The molecule has 0 atom stereocenters. The van der Waals surface area contributed by atoms with Crippen molar-refractivity contribution in [3.8, 4) is 0 Å². The molecular formula is C20H19FN4O2. The van der Waals surface area contributed by atoms with Crippen LogP contribution in [0.4, 0.5) is 4.39 Å². The summed E-state index contributed by atoms with van der Waals surface area (Å²) in [5, 5.41) is 0. The third-order valence-corrected chi connectivity index (χ3v) is 4.83. The van der Waals surface area contributed by atoms with Crippen molar-refractivity contribution in [2.24, 2.45) is 0 Å². The summed E-state index contributed by atoms with van der Waals surface area (Å²) in [6.07, 6.45) is 2.30. The van der Waals surface area contributed by atoms with Crippen LogP contribution in [0, 0.1) is 5.82 Å². The van der Waals surface area contributed by atoms with Gasteiger partial charge in [-0.05, 0) is 48.9 Å². The molecule has 1 aliphatic heterocycles. The van der Waals surface area contributed by atoms with Crippen molar-refractivity contribution >= 4 is 22.8 Å². The maximum atomic E-state index is 13.1. The quantitative estimate of drug-likeness (QED) is 0.758. The van der Waals surface area contributed by atoms with Gasteiger partial charge in [-0.3, -0.25) is 9.59 Å². The van der Waals surface area contributed by atoms with Gasteiger partial charge in [-0.25, -0.2) is 9.37 Å². The number of nitrogens with zero attached hydrogens (tertiary/aromatic N) is 3. The molecule has 0 unspecified atom stereocenters. The average molecular weight is 366 g/mol. The van der Waals surface area contributed by atoms with Crippen LogP contribution in [0.25, 0.3) is 11.0 Å². The first-order valence-corrected chi connectivity index (χ1v) is 8.89. The van der Waals surface area contributed by atoms with E-state index < -0.39 is 0 Å². The number of aromatic nitrogens is 2. The van der Waals surface area contributed by atoms with Crippen molar-refractivity contribution in [3.63, 3.8) is 0 Å². The van der Waals surface area contributed by atoms with Crippen LogP contribution >= 0.6 is 0 Å². The standard InChI is InChI=1S/C20H19FN4O2/c21-16-5-2-14(3-6-16)19(26)24-8-1-9-25(11-10-24)20(27)15-4-7-17-18(12-15)23-13-22-17/h2-7,12-13H,1,8-11H2,(H,22,23). The minimum absolute atomic E-state index is 0.0532. The smallest absolute Gasteiger partial charge is 0.253 e. The molecule has 1 N–H and O–H groups in total. The monoisotopic (exact) mass is 366 g/mol. The van der Waals surface area contributed by atoms with Crippen LogP contribution in [0.15, 0.2) is 48.8 Å². The van der Waals surface area contributed by atoms with E-state index in [1.165, 1.54) is 24.3 Å². The van der Waals surface area contributed by atoms with Gasteiger partial charge in [0.15, 0.2) is 0 Å². The van der Waals surface area contributed by atoms with Gasteiger partial charge in [0.1, 0.15) is 5.82 Å². The fourth-order valence-electron chi connectivity index (χ4n) is 3.35. The van der Waals surface area contributed by atoms with E-state index in [-0.39, 0.29) is 17.6 Å². The second-order valence-corrected chi connectivity index (χ2v) is 6.58. The molecule has 1 fully saturated rings. The molecule has 6 nitrogen and oxygen atoms in total. The molecule has 1 aromatic heterocycles. The second-order valence-electron chi connectivity index (χ2n) is 6.58. The lowest BCUT2D eigenvalue weighted by Crippen LogP contribution is -2.37. The van der Waals surface area contributed by atoms with E-state index in [0.717, 1.165) is 11.0 Å². The van der Waals surface area contributed by atoms with Gasteiger partial charge in [0.2, 0.25) is 0 Å². The first kappa shape index (κ1) is 17.2. The van der Waals surface area contributed by atoms with Gasteiger partial charge >= 0.3 is 0 Å². The van der Waals surface area contributed by atoms with Crippen LogP contribution in [-0.2, 0) is 0 Å². The van der Waals surface area contributed by atoms with Crippen molar-refractivity contribution in [3.05, 3.63) is 65.7 Å². The molecule has 0 bridgehead atoms. The molecule has 0 radical (unpaired) electrons. The highest BCUT2D eigenvalue weighted by Gasteiger charge is 2.23. The van der Waals surface area contributed by atoms with E-state index in [2.05, 4.69) is 9.97 Å². The Morgan fingerprint density at radius 1 is 0.889 bits per heavy atom. The molecule has 3 aromatic rings. The summed E-state index contributed by atoms with van der Waals surface area (Å²) >= 11 is 0. The number of rotatable bonds is 2. The Balaban J connectivity index is 1.45. The van der Waals surface area contributed by atoms with Crippen LogP contribution in [0.3, 0.4) is 0 Å². The maximum absolute atomic E-state index is 13.1. The zero-order valence-electron chi connectivity index (χ0n) is 14.7. The SMILES string of the molecule is O=C(c1ccc(F)cc1)N1CCCN(C(=O)c2ccc3nc[nH]c3c2)CC1. The lowest BCUT2D eigenvalue weighted by atomic mass is 10.1. The van der Waals surface area contributed by atoms with Crippen LogP contribution in [-0.4, -0.2) is 57.8 Å². The fraction of sp³-hybridized carbons (Fsp3) is 0.250. The maximum Gasteiger partial charge on any atom is 0.253 e. The molecule has 7 heteroatoms. The van der Waals surface area contributed by atoms with E-state index in [1.807, 2.05) is 6.07 Å². The Morgan fingerprint density at radius 3 is 2.22 bits per heavy atom. The third-order valence-electron chi connectivity index (χ3n) is 4.83. The topological polar surface area (TPSA) is 69.3 Å². The van der Waals surface area contributed by atoms with Crippen LogP contribution < -0.4 is 0 Å². The molecular weight excluding hydrogens is 347 g/mol. The largest absolute Gasteiger partial charge is 0.345 e. The Bertz CT molecular complexity index is 983. The number of imidazole rings is 1. The first-order valence-electron chi connectivity index (χ1n) is 8.89. The van der Waals surface area contributed by atoms with E-state index in [9.17, 15) is 14.0 Å². The molecule has 2 aromatic carbocycles. The molecule has 1 saturated heterocycles. The predicted molar refractivity (Wildman–Crippen MR) is 98.9 cm³/mol. The number of aromatic amines is 1. The van der Waals surface area contributed by atoms with Crippen LogP contribution in [0.2, 0.25) is 0 Å². The number of carbonyl (C=O) groups excluding carboxylic acids is 2. The van der Waals surface area contributed by atoms with Crippen molar-refractivity contribution in [1.29, 1.82) is 0 Å². The molecule has 0 saturated carbocycles. The number of benzene rings is 2. The minimum atomic E-state index is -0.367. The second kappa shape index (κ2) is 7.19. The van der Waals surface area contributed by atoms with Crippen molar-refractivity contribution in [1.82, 2.24) is 19.8 Å². The molecule has 2 amide bonds. The summed E-state index contributed by atoms with van der Waals surface area (Å²) in [6.45, 7) is 2.08. The molecule has 4 rings (SSSR count). The van der Waals surface area contributed by atoms with E-state index >= 15 is 0 Å².